The molecule has 0 aromatic carbocycles. The van der Waals surface area contributed by atoms with Crippen LogP contribution in [0.15, 0.2) is 4.99 Å². The van der Waals surface area contributed by atoms with Gasteiger partial charge in [-0.15, -0.1) is 0 Å². The minimum absolute atomic E-state index is 0.0718. The fourth-order valence-electron chi connectivity index (χ4n) is 4.44. The van der Waals surface area contributed by atoms with Crippen LogP contribution in [-0.4, -0.2) is 59.4 Å². The third kappa shape index (κ3) is 6.60. The SMILES string of the molecule is CC(C)N1CCC(C(=O)N/C(=N/C2CC(C3CCC(F)CC3)NN2)NC(C)(C)C)N1. The number of amides is 1. The second-order valence-electron chi connectivity index (χ2n) is 10.3. The molecule has 5 N–H and O–H groups in total. The normalized spacial score (nSPS) is 33.8. The summed E-state index contributed by atoms with van der Waals surface area (Å²) in [6.07, 6.45) is 3.98. The van der Waals surface area contributed by atoms with Crippen molar-refractivity contribution in [3.63, 3.8) is 0 Å². The average Bonchev–Trinajstić information content (AvgIpc) is 3.30. The Kier molecular flexibility index (Phi) is 7.71. The van der Waals surface area contributed by atoms with E-state index in [2.05, 4.69) is 45.8 Å². The molecular weight excluding hydrogens is 385 g/mol. The summed E-state index contributed by atoms with van der Waals surface area (Å²) in [5.74, 6) is 0.894. The largest absolute Gasteiger partial charge is 0.351 e. The van der Waals surface area contributed by atoms with Crippen LogP contribution in [0.3, 0.4) is 0 Å². The van der Waals surface area contributed by atoms with E-state index in [0.29, 0.717) is 30.8 Å². The predicted molar refractivity (Wildman–Crippen MR) is 117 cm³/mol. The standard InChI is InChI=1S/C21H40FN7O/c1-13(2)29-11-10-16(28-29)19(30)24-20(25-21(3,4)5)23-18-12-17(26-27-18)14-6-8-15(22)9-7-14/h13-18,26-28H,6-12H2,1-5H3,(H2,23,24,25,30). The van der Waals surface area contributed by atoms with Crippen LogP contribution in [0.5, 0.6) is 0 Å². The number of nitrogens with one attached hydrogen (secondary N) is 5. The maximum Gasteiger partial charge on any atom is 0.245 e. The van der Waals surface area contributed by atoms with Gasteiger partial charge in [0.05, 0.1) is 0 Å². The lowest BCUT2D eigenvalue weighted by Gasteiger charge is -2.28. The number of rotatable bonds is 4. The van der Waals surface area contributed by atoms with Crippen molar-refractivity contribution in [3.8, 4) is 0 Å². The molecule has 0 spiro atoms. The van der Waals surface area contributed by atoms with E-state index in [-0.39, 0.29) is 29.7 Å². The van der Waals surface area contributed by atoms with E-state index in [0.717, 1.165) is 32.2 Å². The number of aliphatic imine (C=N–C) groups is 1. The summed E-state index contributed by atoms with van der Waals surface area (Å²) < 4.78 is 13.5. The number of hydrogen-bond acceptors (Lipinski definition) is 6. The molecule has 2 saturated heterocycles. The Morgan fingerprint density at radius 2 is 1.83 bits per heavy atom. The zero-order valence-electron chi connectivity index (χ0n) is 19.1. The third-order valence-corrected chi connectivity index (χ3v) is 6.12. The first-order valence-corrected chi connectivity index (χ1v) is 11.5. The van der Waals surface area contributed by atoms with Crippen molar-refractivity contribution >= 4 is 11.9 Å². The molecule has 3 fully saturated rings. The summed E-state index contributed by atoms with van der Waals surface area (Å²) in [6, 6.07) is 0.383. The number of alkyl halides is 1. The molecule has 9 heteroatoms. The van der Waals surface area contributed by atoms with Crippen molar-refractivity contribution in [2.24, 2.45) is 10.9 Å². The zero-order valence-corrected chi connectivity index (χ0v) is 19.1. The van der Waals surface area contributed by atoms with Gasteiger partial charge in [-0.2, -0.15) is 0 Å². The van der Waals surface area contributed by atoms with Crippen LogP contribution in [0.1, 0.15) is 73.1 Å². The number of nitrogens with zero attached hydrogens (tertiary/aromatic N) is 2. The summed E-state index contributed by atoms with van der Waals surface area (Å²) in [4.78, 5) is 17.6. The summed E-state index contributed by atoms with van der Waals surface area (Å²) in [7, 11) is 0. The molecule has 3 atom stereocenters. The highest BCUT2D eigenvalue weighted by Gasteiger charge is 2.34. The molecule has 3 rings (SSSR count). The monoisotopic (exact) mass is 425 g/mol. The number of halogens is 1. The first-order chi connectivity index (χ1) is 14.1. The third-order valence-electron chi connectivity index (χ3n) is 6.12. The molecule has 0 aromatic rings. The summed E-state index contributed by atoms with van der Waals surface area (Å²) in [5, 5.41) is 8.42. The van der Waals surface area contributed by atoms with Gasteiger partial charge in [0.2, 0.25) is 5.91 Å². The maximum absolute atomic E-state index is 13.5. The van der Waals surface area contributed by atoms with Gasteiger partial charge in [0.25, 0.3) is 0 Å². The number of carbonyl (C=O) groups excluding carboxylic acids is 1. The van der Waals surface area contributed by atoms with E-state index in [1.54, 1.807) is 0 Å². The lowest BCUT2D eigenvalue weighted by Crippen LogP contribution is -2.54. The molecule has 1 aliphatic carbocycles. The van der Waals surface area contributed by atoms with E-state index in [1.807, 2.05) is 20.8 Å². The van der Waals surface area contributed by atoms with Gasteiger partial charge in [-0.25, -0.2) is 25.2 Å². The first kappa shape index (κ1) is 23.4. The van der Waals surface area contributed by atoms with Gasteiger partial charge in [0, 0.05) is 30.6 Å². The predicted octanol–water partition coefficient (Wildman–Crippen LogP) is 1.55. The van der Waals surface area contributed by atoms with E-state index < -0.39 is 6.17 Å². The minimum atomic E-state index is -0.641. The van der Waals surface area contributed by atoms with Crippen molar-refractivity contribution < 1.29 is 9.18 Å². The quantitative estimate of drug-likeness (QED) is 0.347. The summed E-state index contributed by atoms with van der Waals surface area (Å²) >= 11 is 0. The van der Waals surface area contributed by atoms with Crippen LogP contribution < -0.4 is 26.9 Å². The van der Waals surface area contributed by atoms with Gasteiger partial charge in [0.15, 0.2) is 5.96 Å². The molecular formula is C21H40FN7O. The molecule has 2 aliphatic heterocycles. The van der Waals surface area contributed by atoms with Gasteiger partial charge >= 0.3 is 0 Å². The van der Waals surface area contributed by atoms with Crippen LogP contribution in [-0.2, 0) is 4.79 Å². The number of hydrazine groups is 2. The molecule has 30 heavy (non-hydrogen) atoms. The Labute approximate surface area is 180 Å². The van der Waals surface area contributed by atoms with Crippen molar-refractivity contribution in [1.29, 1.82) is 0 Å². The highest BCUT2D eigenvalue weighted by molar-refractivity contribution is 5.99. The van der Waals surface area contributed by atoms with Gasteiger partial charge in [-0.05, 0) is 72.6 Å². The maximum atomic E-state index is 13.5. The van der Waals surface area contributed by atoms with Crippen molar-refractivity contribution in [1.82, 2.24) is 31.9 Å². The van der Waals surface area contributed by atoms with Crippen LogP contribution in [0.2, 0.25) is 0 Å². The first-order valence-electron chi connectivity index (χ1n) is 11.5. The topological polar surface area (TPSA) is 92.8 Å². The van der Waals surface area contributed by atoms with E-state index >= 15 is 0 Å². The number of hydrogen-bond donors (Lipinski definition) is 5. The molecule has 172 valence electrons. The van der Waals surface area contributed by atoms with E-state index in [1.165, 1.54) is 0 Å². The molecule has 8 nitrogen and oxygen atoms in total. The lowest BCUT2D eigenvalue weighted by molar-refractivity contribution is -0.122. The fourth-order valence-corrected chi connectivity index (χ4v) is 4.44. The molecule has 1 amide bonds. The molecule has 1 saturated carbocycles. The fraction of sp³-hybridized carbons (Fsp3) is 0.905. The average molecular weight is 426 g/mol. The van der Waals surface area contributed by atoms with Gasteiger partial charge in [-0.1, -0.05) is 0 Å². The Bertz CT molecular complexity index is 613. The van der Waals surface area contributed by atoms with E-state index in [9.17, 15) is 9.18 Å². The van der Waals surface area contributed by atoms with Crippen molar-refractivity contribution in [3.05, 3.63) is 0 Å². The summed E-state index contributed by atoms with van der Waals surface area (Å²) in [5.41, 5.74) is 9.65. The van der Waals surface area contributed by atoms with Crippen LogP contribution in [0.4, 0.5) is 4.39 Å². The van der Waals surface area contributed by atoms with Gasteiger partial charge < -0.3 is 5.32 Å². The van der Waals surface area contributed by atoms with Crippen molar-refractivity contribution in [2.75, 3.05) is 6.54 Å². The van der Waals surface area contributed by atoms with Crippen LogP contribution in [0.25, 0.3) is 0 Å². The molecule has 0 bridgehead atoms. The van der Waals surface area contributed by atoms with Gasteiger partial charge in [0.1, 0.15) is 18.4 Å². The lowest BCUT2D eigenvalue weighted by atomic mass is 9.82. The Morgan fingerprint density at radius 3 is 2.43 bits per heavy atom. The highest BCUT2D eigenvalue weighted by atomic mass is 19.1. The molecule has 0 radical (unpaired) electrons. The van der Waals surface area contributed by atoms with Gasteiger partial charge in [-0.3, -0.25) is 15.5 Å². The summed E-state index contributed by atoms with van der Waals surface area (Å²) in [6.45, 7) is 11.2. The second kappa shape index (κ2) is 9.89. The van der Waals surface area contributed by atoms with Crippen LogP contribution >= 0.6 is 0 Å². The molecule has 3 unspecified atom stereocenters. The van der Waals surface area contributed by atoms with Crippen molar-refractivity contribution in [2.45, 2.75) is 109 Å². The molecule has 3 aliphatic rings. The minimum Gasteiger partial charge on any atom is -0.351 e. The highest BCUT2D eigenvalue weighted by Crippen LogP contribution is 2.31. The van der Waals surface area contributed by atoms with E-state index in [4.69, 9.17) is 4.99 Å². The number of guanidine groups is 1. The Morgan fingerprint density at radius 1 is 1.13 bits per heavy atom. The molecule has 2 heterocycles. The van der Waals surface area contributed by atoms with Crippen LogP contribution in [0, 0.1) is 5.92 Å². The molecule has 0 aromatic heterocycles. The Hall–Kier alpha value is -1.29. The zero-order chi connectivity index (χ0) is 21.9. The Balaban J connectivity index is 1.59. The number of carbonyl (C=O) groups is 1. The smallest absolute Gasteiger partial charge is 0.245 e. The second-order valence-corrected chi connectivity index (χ2v) is 10.3.